The Labute approximate surface area is 150 Å². The minimum Gasteiger partial charge on any atom is -0.352 e. The summed E-state index contributed by atoms with van der Waals surface area (Å²) in [5, 5.41) is 3.16. The summed E-state index contributed by atoms with van der Waals surface area (Å²) in [6.45, 7) is 5.10. The van der Waals surface area contributed by atoms with E-state index in [1.165, 1.54) is 11.1 Å². The second-order valence-corrected chi connectivity index (χ2v) is 6.73. The van der Waals surface area contributed by atoms with E-state index in [9.17, 15) is 4.79 Å². The van der Waals surface area contributed by atoms with Crippen LogP contribution in [0.2, 0.25) is 0 Å². The normalized spacial score (nSPS) is 17.9. The van der Waals surface area contributed by atoms with Gasteiger partial charge in [0.1, 0.15) is 0 Å². The van der Waals surface area contributed by atoms with Crippen LogP contribution in [0.5, 0.6) is 0 Å². The van der Waals surface area contributed by atoms with Crippen molar-refractivity contribution in [3.63, 3.8) is 0 Å². The zero-order valence-electron chi connectivity index (χ0n) is 14.8. The molecule has 0 aromatic heterocycles. The highest BCUT2D eigenvalue weighted by Gasteiger charge is 2.23. The van der Waals surface area contributed by atoms with E-state index in [2.05, 4.69) is 41.4 Å². The zero-order chi connectivity index (χ0) is 17.5. The predicted molar refractivity (Wildman–Crippen MR) is 103 cm³/mol. The van der Waals surface area contributed by atoms with Crippen LogP contribution in [0, 0.1) is 6.92 Å². The largest absolute Gasteiger partial charge is 0.352 e. The molecule has 3 heteroatoms. The molecule has 0 saturated carbocycles. The van der Waals surface area contributed by atoms with E-state index in [-0.39, 0.29) is 11.9 Å². The summed E-state index contributed by atoms with van der Waals surface area (Å²) in [7, 11) is 0. The van der Waals surface area contributed by atoms with Crippen LogP contribution in [0.15, 0.2) is 60.7 Å². The first-order valence-corrected chi connectivity index (χ1v) is 8.98. The van der Waals surface area contributed by atoms with Crippen molar-refractivity contribution in [1.29, 1.82) is 0 Å². The molecule has 1 aliphatic heterocycles. The molecule has 3 rings (SSSR count). The van der Waals surface area contributed by atoms with Crippen molar-refractivity contribution in [1.82, 2.24) is 10.2 Å². The van der Waals surface area contributed by atoms with Crippen molar-refractivity contribution < 1.29 is 4.79 Å². The Kier molecular flexibility index (Phi) is 6.02. The monoisotopic (exact) mass is 334 g/mol. The lowest BCUT2D eigenvalue weighted by Gasteiger charge is -2.17. The molecule has 1 atom stereocenters. The molecular weight excluding hydrogens is 308 g/mol. The number of carbonyl (C=O) groups excluding carboxylic acids is 1. The van der Waals surface area contributed by atoms with Crippen LogP contribution in [0.25, 0.3) is 6.08 Å². The summed E-state index contributed by atoms with van der Waals surface area (Å²) in [5.74, 6) is 0.106. The molecule has 1 heterocycles. The van der Waals surface area contributed by atoms with E-state index in [4.69, 9.17) is 0 Å². The number of nitrogens with zero attached hydrogens (tertiary/aromatic N) is 1. The van der Waals surface area contributed by atoms with Gasteiger partial charge in [0.2, 0.25) is 5.91 Å². The molecule has 0 aliphatic carbocycles. The summed E-state index contributed by atoms with van der Waals surface area (Å²) in [5.41, 5.74) is 3.84. The molecule has 2 aromatic rings. The second-order valence-electron chi connectivity index (χ2n) is 6.73. The molecule has 25 heavy (non-hydrogen) atoms. The van der Waals surface area contributed by atoms with Crippen LogP contribution in [0.1, 0.15) is 29.5 Å². The number of carbonyl (C=O) groups is 1. The quantitative estimate of drug-likeness (QED) is 0.872. The topological polar surface area (TPSA) is 32.3 Å². The fourth-order valence-corrected chi connectivity index (χ4v) is 3.28. The first-order chi connectivity index (χ1) is 12.2. The Morgan fingerprint density at radius 2 is 1.92 bits per heavy atom. The molecule has 1 fully saturated rings. The van der Waals surface area contributed by atoms with Gasteiger partial charge in [0.05, 0.1) is 0 Å². The van der Waals surface area contributed by atoms with Crippen molar-refractivity contribution in [3.8, 4) is 0 Å². The molecule has 130 valence electrons. The Bertz CT molecular complexity index is 724. The molecule has 0 bridgehead atoms. The van der Waals surface area contributed by atoms with Gasteiger partial charge in [-0.1, -0.05) is 66.7 Å². The Morgan fingerprint density at radius 1 is 1.16 bits per heavy atom. The fourth-order valence-electron chi connectivity index (χ4n) is 3.28. The van der Waals surface area contributed by atoms with Gasteiger partial charge in [-0.25, -0.2) is 0 Å². The fraction of sp³-hybridized carbons (Fsp3) is 0.318. The Balaban J connectivity index is 1.42. The molecule has 2 aromatic carbocycles. The molecule has 0 radical (unpaired) electrons. The van der Waals surface area contributed by atoms with E-state index < -0.39 is 0 Å². The molecule has 1 saturated heterocycles. The highest BCUT2D eigenvalue weighted by Crippen LogP contribution is 2.16. The van der Waals surface area contributed by atoms with Crippen molar-refractivity contribution in [2.45, 2.75) is 32.4 Å². The van der Waals surface area contributed by atoms with Gasteiger partial charge in [0.25, 0.3) is 0 Å². The summed E-state index contributed by atoms with van der Waals surface area (Å²) < 4.78 is 0. The van der Waals surface area contributed by atoms with E-state index in [1.807, 2.05) is 42.5 Å². The van der Waals surface area contributed by atoms with Gasteiger partial charge >= 0.3 is 0 Å². The number of likely N-dealkylation sites (tertiary alicyclic amines) is 1. The molecule has 1 amide bonds. The average molecular weight is 334 g/mol. The van der Waals surface area contributed by atoms with Gasteiger partial charge < -0.3 is 5.32 Å². The first kappa shape index (κ1) is 17.4. The lowest BCUT2D eigenvalue weighted by molar-refractivity contribution is -0.120. The van der Waals surface area contributed by atoms with Crippen LogP contribution >= 0.6 is 0 Å². The number of benzene rings is 2. The van der Waals surface area contributed by atoms with E-state index in [1.54, 1.807) is 0 Å². The predicted octanol–water partition coefficient (Wildman–Crippen LogP) is 3.79. The number of amides is 1. The number of hydrogen-bond acceptors (Lipinski definition) is 2. The first-order valence-electron chi connectivity index (χ1n) is 8.98. The van der Waals surface area contributed by atoms with Crippen molar-refractivity contribution in [2.75, 3.05) is 13.1 Å². The van der Waals surface area contributed by atoms with E-state index in [0.717, 1.165) is 31.6 Å². The molecule has 1 N–H and O–H groups in total. The highest BCUT2D eigenvalue weighted by atomic mass is 16.1. The third-order valence-electron chi connectivity index (χ3n) is 4.71. The standard InChI is InChI=1S/C22H26N2O/c1-18-8-5-6-12-20(18)16-24-15-14-21(17-24)23-22(25)13-7-11-19-9-3-2-4-10-19/h2-12,21H,13-17H2,1H3,(H,23,25)/b11-7+/t21-/m0/s1. The maximum Gasteiger partial charge on any atom is 0.224 e. The summed E-state index contributed by atoms with van der Waals surface area (Å²) in [6, 6.07) is 18.9. The minimum atomic E-state index is 0.106. The number of nitrogens with one attached hydrogen (secondary N) is 1. The third kappa shape index (κ3) is 5.30. The van der Waals surface area contributed by atoms with Crippen molar-refractivity contribution in [2.24, 2.45) is 0 Å². The van der Waals surface area contributed by atoms with Crippen LogP contribution in [-0.4, -0.2) is 29.9 Å². The summed E-state index contributed by atoms with van der Waals surface area (Å²) >= 11 is 0. The van der Waals surface area contributed by atoms with Gasteiger partial charge in [0, 0.05) is 32.1 Å². The lowest BCUT2D eigenvalue weighted by Crippen LogP contribution is -2.36. The number of aryl methyl sites for hydroxylation is 1. The summed E-state index contributed by atoms with van der Waals surface area (Å²) in [4.78, 5) is 14.6. The van der Waals surface area contributed by atoms with Crippen LogP contribution in [0.4, 0.5) is 0 Å². The number of rotatable bonds is 6. The molecular formula is C22H26N2O. The molecule has 0 unspecified atom stereocenters. The van der Waals surface area contributed by atoms with Crippen molar-refractivity contribution >= 4 is 12.0 Å². The van der Waals surface area contributed by atoms with Gasteiger partial charge in [0.15, 0.2) is 0 Å². The maximum atomic E-state index is 12.1. The number of hydrogen-bond donors (Lipinski definition) is 1. The van der Waals surface area contributed by atoms with Gasteiger partial charge in [-0.3, -0.25) is 9.69 Å². The van der Waals surface area contributed by atoms with Gasteiger partial charge in [-0.05, 0) is 30.0 Å². The van der Waals surface area contributed by atoms with E-state index >= 15 is 0 Å². The zero-order valence-corrected chi connectivity index (χ0v) is 14.8. The Morgan fingerprint density at radius 3 is 2.72 bits per heavy atom. The van der Waals surface area contributed by atoms with Gasteiger partial charge in [-0.2, -0.15) is 0 Å². The maximum absolute atomic E-state index is 12.1. The smallest absolute Gasteiger partial charge is 0.224 e. The van der Waals surface area contributed by atoms with Crippen LogP contribution < -0.4 is 5.32 Å². The van der Waals surface area contributed by atoms with Crippen molar-refractivity contribution in [3.05, 3.63) is 77.4 Å². The minimum absolute atomic E-state index is 0.106. The average Bonchev–Trinajstić information content (AvgIpc) is 3.05. The van der Waals surface area contributed by atoms with Crippen LogP contribution in [-0.2, 0) is 11.3 Å². The lowest BCUT2D eigenvalue weighted by atomic mass is 10.1. The third-order valence-corrected chi connectivity index (χ3v) is 4.71. The summed E-state index contributed by atoms with van der Waals surface area (Å²) in [6.07, 6.45) is 5.40. The van der Waals surface area contributed by atoms with E-state index in [0.29, 0.717) is 6.42 Å². The highest BCUT2D eigenvalue weighted by molar-refractivity contribution is 5.78. The molecule has 3 nitrogen and oxygen atoms in total. The SMILES string of the molecule is Cc1ccccc1CN1CC[C@H](NC(=O)C/C=C/c2ccccc2)C1. The van der Waals surface area contributed by atoms with Crippen LogP contribution in [0.3, 0.4) is 0 Å². The second kappa shape index (κ2) is 8.63. The molecule has 1 aliphatic rings. The molecule has 0 spiro atoms. The van der Waals surface area contributed by atoms with Gasteiger partial charge in [-0.15, -0.1) is 0 Å². The Hall–Kier alpha value is -2.39.